The lowest BCUT2D eigenvalue weighted by atomic mass is 10.0. The molecule has 5 heteroatoms. The Hall–Kier alpha value is -2.30. The Kier molecular flexibility index (Phi) is 4.62. The van der Waals surface area contributed by atoms with Crippen LogP contribution in [0, 0.1) is 0 Å². The molecule has 2 aromatic rings. The van der Waals surface area contributed by atoms with Crippen LogP contribution in [0.2, 0.25) is 0 Å². The first-order valence-corrected chi connectivity index (χ1v) is 6.95. The van der Waals surface area contributed by atoms with E-state index in [-0.39, 0.29) is 0 Å². The van der Waals surface area contributed by atoms with E-state index in [1.807, 2.05) is 68.2 Å². The monoisotopic (exact) mass is 285 g/mol. The number of aryl methyl sites for hydroxylation is 1. The van der Waals surface area contributed by atoms with Gasteiger partial charge < -0.3 is 9.80 Å². The van der Waals surface area contributed by atoms with Crippen LogP contribution in [0.15, 0.2) is 41.7 Å². The summed E-state index contributed by atoms with van der Waals surface area (Å²) in [5, 5.41) is 4.25. The van der Waals surface area contributed by atoms with Gasteiger partial charge in [0.05, 0.1) is 12.7 Å². The Morgan fingerprint density at radius 1 is 1.14 bits per heavy atom. The van der Waals surface area contributed by atoms with Crippen LogP contribution in [0.1, 0.15) is 5.56 Å². The minimum absolute atomic E-state index is 0.650. The summed E-state index contributed by atoms with van der Waals surface area (Å²) in [6.07, 6.45) is 3.92. The molecule has 1 aromatic heterocycles. The summed E-state index contributed by atoms with van der Waals surface area (Å²) in [5.41, 5.74) is 3.51. The summed E-state index contributed by atoms with van der Waals surface area (Å²) in [7, 11) is 9.95. The van der Waals surface area contributed by atoms with E-state index in [1.165, 1.54) is 11.1 Å². The van der Waals surface area contributed by atoms with Crippen molar-refractivity contribution in [2.75, 3.05) is 28.2 Å². The predicted molar refractivity (Wildman–Crippen MR) is 87.2 cm³/mol. The Morgan fingerprint density at radius 2 is 1.81 bits per heavy atom. The molecule has 112 valence electrons. The van der Waals surface area contributed by atoms with E-state index in [0.717, 1.165) is 11.5 Å². The topological polar surface area (TPSA) is 36.7 Å². The van der Waals surface area contributed by atoms with Crippen LogP contribution in [0.5, 0.6) is 0 Å². The molecule has 0 aliphatic heterocycles. The third kappa shape index (κ3) is 3.62. The Morgan fingerprint density at radius 3 is 2.38 bits per heavy atom. The molecule has 0 aliphatic rings. The van der Waals surface area contributed by atoms with Crippen LogP contribution < -0.4 is 0 Å². The van der Waals surface area contributed by atoms with E-state index in [9.17, 15) is 0 Å². The molecule has 0 saturated heterocycles. The SMILES string of the molecule is CN(C)C(=NCc1ccccc1-c1cnn(C)c1)N(C)C. The van der Waals surface area contributed by atoms with Crippen LogP contribution in [-0.4, -0.2) is 53.7 Å². The molecular formula is C16H23N5. The molecule has 1 heterocycles. The number of hydrogen-bond acceptors (Lipinski definition) is 2. The molecule has 0 N–H and O–H groups in total. The second-order valence-electron chi connectivity index (χ2n) is 5.46. The van der Waals surface area contributed by atoms with Crippen molar-refractivity contribution in [2.45, 2.75) is 6.54 Å². The average molecular weight is 285 g/mol. The fourth-order valence-electron chi connectivity index (χ4n) is 2.34. The molecule has 0 aliphatic carbocycles. The Bertz CT molecular complexity index is 615. The molecule has 0 bridgehead atoms. The quantitative estimate of drug-likeness (QED) is 0.640. The molecule has 5 nitrogen and oxygen atoms in total. The van der Waals surface area contributed by atoms with E-state index in [4.69, 9.17) is 4.99 Å². The molecule has 0 radical (unpaired) electrons. The number of benzene rings is 1. The summed E-state index contributed by atoms with van der Waals surface area (Å²) in [6.45, 7) is 0.650. The van der Waals surface area contributed by atoms with E-state index in [1.54, 1.807) is 0 Å². The summed E-state index contributed by atoms with van der Waals surface area (Å²) in [4.78, 5) is 8.77. The van der Waals surface area contributed by atoms with Crippen LogP contribution in [0.25, 0.3) is 11.1 Å². The summed E-state index contributed by atoms with van der Waals surface area (Å²) in [5.74, 6) is 0.955. The zero-order chi connectivity index (χ0) is 15.4. The van der Waals surface area contributed by atoms with Gasteiger partial charge in [0.25, 0.3) is 0 Å². The highest BCUT2D eigenvalue weighted by Gasteiger charge is 2.08. The van der Waals surface area contributed by atoms with E-state index < -0.39 is 0 Å². The molecular weight excluding hydrogens is 262 g/mol. The molecule has 0 atom stereocenters. The molecule has 2 rings (SSSR count). The first-order valence-electron chi connectivity index (χ1n) is 6.95. The van der Waals surface area contributed by atoms with Crippen molar-refractivity contribution in [3.05, 3.63) is 42.2 Å². The van der Waals surface area contributed by atoms with Crippen molar-refractivity contribution < 1.29 is 0 Å². The highest BCUT2D eigenvalue weighted by atomic mass is 15.3. The number of rotatable bonds is 3. The van der Waals surface area contributed by atoms with E-state index in [0.29, 0.717) is 6.54 Å². The second-order valence-corrected chi connectivity index (χ2v) is 5.46. The first kappa shape index (κ1) is 15.1. The zero-order valence-electron chi connectivity index (χ0n) is 13.4. The van der Waals surface area contributed by atoms with Crippen molar-refractivity contribution in [1.29, 1.82) is 0 Å². The fourth-order valence-corrected chi connectivity index (χ4v) is 2.34. The molecule has 1 aromatic carbocycles. The summed E-state index contributed by atoms with van der Waals surface area (Å²) >= 11 is 0. The van der Waals surface area contributed by atoms with E-state index >= 15 is 0 Å². The average Bonchev–Trinajstić information content (AvgIpc) is 2.85. The Labute approximate surface area is 126 Å². The van der Waals surface area contributed by atoms with Gasteiger partial charge in [-0.1, -0.05) is 24.3 Å². The van der Waals surface area contributed by atoms with Gasteiger partial charge in [0.15, 0.2) is 5.96 Å². The van der Waals surface area contributed by atoms with Gasteiger partial charge in [-0.05, 0) is 11.1 Å². The molecule has 0 spiro atoms. The third-order valence-corrected chi connectivity index (χ3v) is 3.22. The van der Waals surface area contributed by atoms with Gasteiger partial charge in [-0.2, -0.15) is 5.10 Å². The largest absolute Gasteiger partial charge is 0.349 e. The van der Waals surface area contributed by atoms with Crippen LogP contribution >= 0.6 is 0 Å². The second kappa shape index (κ2) is 6.43. The lowest BCUT2D eigenvalue weighted by Crippen LogP contribution is -2.35. The maximum atomic E-state index is 4.73. The zero-order valence-corrected chi connectivity index (χ0v) is 13.4. The standard InChI is InChI=1S/C16H23N5/c1-19(2)16(20(3)4)17-10-13-8-6-7-9-15(13)14-11-18-21(5)12-14/h6-9,11-12H,10H2,1-5H3. The highest BCUT2D eigenvalue weighted by Crippen LogP contribution is 2.23. The van der Waals surface area contributed by atoms with Gasteiger partial charge in [0.2, 0.25) is 0 Å². The minimum atomic E-state index is 0.650. The van der Waals surface area contributed by atoms with Gasteiger partial charge >= 0.3 is 0 Å². The molecule has 0 unspecified atom stereocenters. The van der Waals surface area contributed by atoms with Crippen molar-refractivity contribution in [3.63, 3.8) is 0 Å². The molecule has 0 fully saturated rings. The van der Waals surface area contributed by atoms with Crippen LogP contribution in [-0.2, 0) is 13.6 Å². The lowest BCUT2D eigenvalue weighted by Gasteiger charge is -2.22. The predicted octanol–water partition coefficient (Wildman–Crippen LogP) is 2.07. The lowest BCUT2D eigenvalue weighted by molar-refractivity contribution is 0.479. The normalized spacial score (nSPS) is 10.3. The smallest absolute Gasteiger partial charge is 0.195 e. The maximum Gasteiger partial charge on any atom is 0.195 e. The minimum Gasteiger partial charge on any atom is -0.349 e. The number of aromatic nitrogens is 2. The van der Waals surface area contributed by atoms with Gasteiger partial charge in [0.1, 0.15) is 0 Å². The van der Waals surface area contributed by atoms with Crippen LogP contribution in [0.4, 0.5) is 0 Å². The first-order chi connectivity index (χ1) is 9.99. The number of hydrogen-bond donors (Lipinski definition) is 0. The van der Waals surface area contributed by atoms with Gasteiger partial charge in [-0.15, -0.1) is 0 Å². The Balaban J connectivity index is 2.31. The molecule has 0 saturated carbocycles. The summed E-state index contributed by atoms with van der Waals surface area (Å²) < 4.78 is 1.82. The van der Waals surface area contributed by atoms with Crippen molar-refractivity contribution in [3.8, 4) is 11.1 Å². The van der Waals surface area contributed by atoms with Crippen molar-refractivity contribution >= 4 is 5.96 Å². The summed E-state index contributed by atoms with van der Waals surface area (Å²) in [6, 6.07) is 8.34. The third-order valence-electron chi connectivity index (χ3n) is 3.22. The highest BCUT2D eigenvalue weighted by molar-refractivity contribution is 5.79. The van der Waals surface area contributed by atoms with Crippen LogP contribution in [0.3, 0.4) is 0 Å². The fraction of sp³-hybridized carbons (Fsp3) is 0.375. The molecule has 0 amide bonds. The maximum absolute atomic E-state index is 4.73. The number of guanidine groups is 1. The van der Waals surface area contributed by atoms with E-state index in [2.05, 4.69) is 23.3 Å². The number of aliphatic imine (C=N–C) groups is 1. The van der Waals surface area contributed by atoms with Gasteiger partial charge in [-0.25, -0.2) is 4.99 Å². The van der Waals surface area contributed by atoms with Crippen molar-refractivity contribution in [2.24, 2.45) is 12.0 Å². The van der Waals surface area contributed by atoms with Gasteiger partial charge in [-0.3, -0.25) is 4.68 Å². The van der Waals surface area contributed by atoms with Crippen molar-refractivity contribution in [1.82, 2.24) is 19.6 Å². The van der Waals surface area contributed by atoms with Gasteiger partial charge in [0, 0.05) is 47.0 Å². The number of nitrogens with zero attached hydrogens (tertiary/aromatic N) is 5. The molecule has 21 heavy (non-hydrogen) atoms.